The Balaban J connectivity index is 2.15. The minimum Gasteiger partial charge on any atom is -0.464 e. The molecule has 0 aliphatic rings. The number of ether oxygens (including phenoxy) is 1. The first-order valence-electron chi connectivity index (χ1n) is 6.58. The largest absolute Gasteiger partial charge is 0.464 e. The summed E-state index contributed by atoms with van der Waals surface area (Å²) in [6, 6.07) is 11.5. The zero-order valence-electron chi connectivity index (χ0n) is 11.8. The van der Waals surface area contributed by atoms with E-state index in [1.165, 1.54) is 7.11 Å². The fourth-order valence-electron chi connectivity index (χ4n) is 2.51. The van der Waals surface area contributed by atoms with Crippen LogP contribution in [0.25, 0.3) is 11.0 Å². The Kier molecular flexibility index (Phi) is 3.47. The lowest BCUT2D eigenvalue weighted by molar-refractivity contribution is 0.0589. The number of nitrogens with zero attached hydrogens (tertiary/aromatic N) is 2. The van der Waals surface area contributed by atoms with E-state index in [0.29, 0.717) is 17.3 Å². The zero-order chi connectivity index (χ0) is 15.0. The van der Waals surface area contributed by atoms with Gasteiger partial charge in [0.05, 0.1) is 18.1 Å². The number of esters is 1. The molecule has 0 atom stereocenters. The number of methoxy groups -OCH3 is 1. The maximum absolute atomic E-state index is 12.0. The number of aryl methyl sites for hydroxylation is 1. The molecule has 0 unspecified atom stereocenters. The van der Waals surface area contributed by atoms with Gasteiger partial charge in [0.15, 0.2) is 0 Å². The van der Waals surface area contributed by atoms with Crippen molar-refractivity contribution in [2.75, 3.05) is 7.11 Å². The average molecular weight is 303 g/mol. The third-order valence-corrected chi connectivity index (χ3v) is 4.00. The van der Waals surface area contributed by atoms with Crippen LogP contribution in [0.2, 0.25) is 5.02 Å². The van der Waals surface area contributed by atoms with Gasteiger partial charge in [-0.2, -0.15) is 0 Å². The summed E-state index contributed by atoms with van der Waals surface area (Å²) in [5.41, 5.74) is 3.46. The lowest BCUT2D eigenvalue weighted by Crippen LogP contribution is -2.11. The second-order valence-corrected chi connectivity index (χ2v) is 5.30. The monoisotopic (exact) mass is 302 g/mol. The Hall–Kier alpha value is -2.20. The topological polar surface area (TPSA) is 36.2 Å². The summed E-state index contributed by atoms with van der Waals surface area (Å²) >= 11 is 6.23. The Labute approximate surface area is 127 Å². The number of halogens is 1. The molecule has 0 amide bonds. The number of hydrogen-bond acceptors (Lipinski definition) is 2. The zero-order valence-corrected chi connectivity index (χ0v) is 12.6. The van der Waals surface area contributed by atoms with Gasteiger partial charge < -0.3 is 13.9 Å². The van der Waals surface area contributed by atoms with Crippen molar-refractivity contribution in [2.45, 2.75) is 6.54 Å². The second-order valence-electron chi connectivity index (χ2n) is 4.90. The SMILES string of the molecule is COC(=O)c1cc2c(ccn2C)n1Cc1ccccc1Cl. The highest BCUT2D eigenvalue weighted by Crippen LogP contribution is 2.25. The van der Waals surface area contributed by atoms with E-state index in [-0.39, 0.29) is 5.97 Å². The van der Waals surface area contributed by atoms with Crippen LogP contribution in [0.15, 0.2) is 42.6 Å². The first kappa shape index (κ1) is 13.8. The average Bonchev–Trinajstić information content (AvgIpc) is 3.02. The Morgan fingerprint density at radius 2 is 2.00 bits per heavy atom. The van der Waals surface area contributed by atoms with Crippen LogP contribution in [0.5, 0.6) is 0 Å². The molecule has 0 bridgehead atoms. The Bertz CT molecular complexity index is 817. The van der Waals surface area contributed by atoms with Crippen LogP contribution in [-0.4, -0.2) is 22.2 Å². The van der Waals surface area contributed by atoms with Gasteiger partial charge in [0.2, 0.25) is 0 Å². The maximum Gasteiger partial charge on any atom is 0.354 e. The summed E-state index contributed by atoms with van der Waals surface area (Å²) in [5, 5.41) is 0.686. The lowest BCUT2D eigenvalue weighted by atomic mass is 10.2. The summed E-state index contributed by atoms with van der Waals surface area (Å²) in [6.07, 6.45) is 1.97. The summed E-state index contributed by atoms with van der Waals surface area (Å²) < 4.78 is 8.79. The van der Waals surface area contributed by atoms with E-state index in [9.17, 15) is 4.79 Å². The van der Waals surface area contributed by atoms with Gasteiger partial charge in [0, 0.05) is 24.8 Å². The molecule has 0 N–H and O–H groups in total. The molecule has 108 valence electrons. The molecule has 21 heavy (non-hydrogen) atoms. The van der Waals surface area contributed by atoms with Crippen molar-refractivity contribution >= 4 is 28.6 Å². The van der Waals surface area contributed by atoms with E-state index in [2.05, 4.69) is 0 Å². The predicted molar refractivity (Wildman–Crippen MR) is 82.8 cm³/mol. The van der Waals surface area contributed by atoms with E-state index in [4.69, 9.17) is 16.3 Å². The minimum atomic E-state index is -0.349. The molecule has 0 aliphatic carbocycles. The number of carbonyl (C=O) groups is 1. The van der Waals surface area contributed by atoms with Crippen molar-refractivity contribution in [1.82, 2.24) is 9.13 Å². The lowest BCUT2D eigenvalue weighted by Gasteiger charge is -2.10. The fourth-order valence-corrected chi connectivity index (χ4v) is 2.71. The molecule has 3 rings (SSSR count). The van der Waals surface area contributed by atoms with Gasteiger partial charge in [0.25, 0.3) is 0 Å². The van der Waals surface area contributed by atoms with E-state index < -0.39 is 0 Å². The molecule has 2 aromatic heterocycles. The van der Waals surface area contributed by atoms with Gasteiger partial charge in [-0.1, -0.05) is 29.8 Å². The first-order chi connectivity index (χ1) is 10.1. The minimum absolute atomic E-state index is 0.349. The molecule has 0 fully saturated rings. The van der Waals surface area contributed by atoms with Crippen molar-refractivity contribution in [3.05, 3.63) is 58.9 Å². The highest BCUT2D eigenvalue weighted by atomic mass is 35.5. The van der Waals surface area contributed by atoms with E-state index >= 15 is 0 Å². The van der Waals surface area contributed by atoms with Gasteiger partial charge >= 0.3 is 5.97 Å². The van der Waals surface area contributed by atoms with Crippen molar-refractivity contribution in [1.29, 1.82) is 0 Å². The van der Waals surface area contributed by atoms with Crippen LogP contribution in [0.1, 0.15) is 16.1 Å². The molecule has 2 heterocycles. The molecule has 0 aliphatic heterocycles. The molecule has 0 saturated heterocycles. The molecule has 0 saturated carbocycles. The predicted octanol–water partition coefficient (Wildman–Crippen LogP) is 3.47. The Morgan fingerprint density at radius 1 is 1.24 bits per heavy atom. The van der Waals surface area contributed by atoms with Gasteiger partial charge in [-0.3, -0.25) is 0 Å². The van der Waals surface area contributed by atoms with E-state index in [1.54, 1.807) is 0 Å². The smallest absolute Gasteiger partial charge is 0.354 e. The maximum atomic E-state index is 12.0. The number of fused-ring (bicyclic) bond motifs is 1. The van der Waals surface area contributed by atoms with Gasteiger partial charge in [-0.25, -0.2) is 4.79 Å². The summed E-state index contributed by atoms with van der Waals surface area (Å²) in [6.45, 7) is 0.525. The third kappa shape index (κ3) is 2.32. The number of rotatable bonds is 3. The summed E-state index contributed by atoms with van der Waals surface area (Å²) in [4.78, 5) is 12.0. The number of carbonyl (C=O) groups excluding carboxylic acids is 1. The molecule has 0 radical (unpaired) electrons. The second kappa shape index (κ2) is 5.30. The van der Waals surface area contributed by atoms with Crippen molar-refractivity contribution in [2.24, 2.45) is 7.05 Å². The normalized spacial score (nSPS) is 11.0. The number of aromatic nitrogens is 2. The molecule has 4 nitrogen and oxygen atoms in total. The van der Waals surface area contributed by atoms with Crippen molar-refractivity contribution in [3.8, 4) is 0 Å². The quantitative estimate of drug-likeness (QED) is 0.695. The van der Waals surface area contributed by atoms with Crippen LogP contribution in [0.3, 0.4) is 0 Å². The number of hydrogen-bond donors (Lipinski definition) is 0. The fraction of sp³-hybridized carbons (Fsp3) is 0.188. The number of benzene rings is 1. The van der Waals surface area contributed by atoms with Crippen LogP contribution in [0.4, 0.5) is 0 Å². The van der Waals surface area contributed by atoms with Gasteiger partial charge in [-0.05, 0) is 23.8 Å². The van der Waals surface area contributed by atoms with Gasteiger partial charge in [-0.15, -0.1) is 0 Å². The molecule has 3 aromatic rings. The standard InChI is InChI=1S/C16H15ClN2O2/c1-18-8-7-13-14(18)9-15(16(20)21-2)19(13)10-11-5-3-4-6-12(11)17/h3-9H,10H2,1-2H3. The summed E-state index contributed by atoms with van der Waals surface area (Å²) in [5.74, 6) is -0.349. The highest BCUT2D eigenvalue weighted by Gasteiger charge is 2.18. The molecule has 5 heteroatoms. The Morgan fingerprint density at radius 3 is 2.71 bits per heavy atom. The van der Waals surface area contributed by atoms with Crippen LogP contribution < -0.4 is 0 Å². The highest BCUT2D eigenvalue weighted by molar-refractivity contribution is 6.31. The van der Waals surface area contributed by atoms with Crippen molar-refractivity contribution in [3.63, 3.8) is 0 Å². The van der Waals surface area contributed by atoms with Crippen LogP contribution in [-0.2, 0) is 18.3 Å². The third-order valence-electron chi connectivity index (χ3n) is 3.63. The molecule has 1 aromatic carbocycles. The van der Waals surface area contributed by atoms with E-state index in [1.807, 2.05) is 58.8 Å². The van der Waals surface area contributed by atoms with Crippen molar-refractivity contribution < 1.29 is 9.53 Å². The van der Waals surface area contributed by atoms with Crippen LogP contribution in [0, 0.1) is 0 Å². The molecular formula is C16H15ClN2O2. The summed E-state index contributed by atoms with van der Waals surface area (Å²) in [7, 11) is 3.34. The first-order valence-corrected chi connectivity index (χ1v) is 6.96. The van der Waals surface area contributed by atoms with Crippen LogP contribution >= 0.6 is 11.6 Å². The molecular weight excluding hydrogens is 288 g/mol. The van der Waals surface area contributed by atoms with Gasteiger partial charge in [0.1, 0.15) is 5.69 Å². The van der Waals surface area contributed by atoms with E-state index in [0.717, 1.165) is 16.6 Å². The molecule has 0 spiro atoms.